The monoisotopic (exact) mass is 195 g/mol. The van der Waals surface area contributed by atoms with Crippen LogP contribution in [-0.4, -0.2) is 21.0 Å². The Kier molecular flexibility index (Phi) is 2.88. The molecule has 1 rings (SSSR count). The van der Waals surface area contributed by atoms with Crippen LogP contribution in [0, 0.1) is 5.41 Å². The molecule has 0 saturated heterocycles. The molecule has 5 heteroatoms. The molecule has 0 aliphatic rings. The summed E-state index contributed by atoms with van der Waals surface area (Å²) < 4.78 is 0. The van der Waals surface area contributed by atoms with Gasteiger partial charge < -0.3 is 11.1 Å². The number of nitrogens with zero attached hydrogens (tertiary/aromatic N) is 3. The van der Waals surface area contributed by atoms with Crippen LogP contribution in [-0.2, 0) is 0 Å². The van der Waals surface area contributed by atoms with Crippen LogP contribution in [0.3, 0.4) is 0 Å². The van der Waals surface area contributed by atoms with Crippen LogP contribution < -0.4 is 11.1 Å². The van der Waals surface area contributed by atoms with Gasteiger partial charge >= 0.3 is 0 Å². The Hall–Kier alpha value is -1.39. The van der Waals surface area contributed by atoms with Gasteiger partial charge in [0.1, 0.15) is 6.33 Å². The summed E-state index contributed by atoms with van der Waals surface area (Å²) in [5, 5.41) is 3.18. The third kappa shape index (κ3) is 2.83. The van der Waals surface area contributed by atoms with Crippen LogP contribution in [0.5, 0.6) is 0 Å². The quantitative estimate of drug-likeness (QED) is 0.743. The maximum atomic E-state index is 5.44. The molecular formula is C9H17N5. The van der Waals surface area contributed by atoms with E-state index in [1.165, 1.54) is 6.33 Å². The zero-order valence-electron chi connectivity index (χ0n) is 9.07. The topological polar surface area (TPSA) is 76.7 Å². The van der Waals surface area contributed by atoms with E-state index in [2.05, 4.69) is 48.0 Å². The highest BCUT2D eigenvalue weighted by atomic mass is 15.2. The second-order valence-corrected chi connectivity index (χ2v) is 4.40. The number of rotatable bonds is 2. The molecular weight excluding hydrogens is 178 g/mol. The first kappa shape index (κ1) is 10.7. The number of nitrogens with one attached hydrogen (secondary N) is 1. The van der Waals surface area contributed by atoms with Gasteiger partial charge in [-0.05, 0) is 12.3 Å². The van der Waals surface area contributed by atoms with E-state index >= 15 is 0 Å². The second-order valence-electron chi connectivity index (χ2n) is 4.40. The highest BCUT2D eigenvalue weighted by Crippen LogP contribution is 2.21. The molecule has 0 aliphatic heterocycles. The lowest BCUT2D eigenvalue weighted by Gasteiger charge is -2.27. The van der Waals surface area contributed by atoms with Crippen molar-refractivity contribution in [3.63, 3.8) is 0 Å². The molecule has 14 heavy (non-hydrogen) atoms. The molecule has 1 heterocycles. The van der Waals surface area contributed by atoms with Crippen molar-refractivity contribution < 1.29 is 0 Å². The van der Waals surface area contributed by atoms with E-state index in [4.69, 9.17) is 5.73 Å². The predicted octanol–water partition coefficient (Wildman–Crippen LogP) is 1.30. The Morgan fingerprint density at radius 3 is 2.50 bits per heavy atom. The largest absolute Gasteiger partial charge is 0.368 e. The minimum Gasteiger partial charge on any atom is -0.368 e. The van der Waals surface area contributed by atoms with Gasteiger partial charge in [-0.1, -0.05) is 20.8 Å². The first-order valence-electron chi connectivity index (χ1n) is 4.60. The molecule has 3 N–H and O–H groups in total. The summed E-state index contributed by atoms with van der Waals surface area (Å²) in [6, 6.07) is 0.268. The third-order valence-electron chi connectivity index (χ3n) is 2.24. The lowest BCUT2D eigenvalue weighted by molar-refractivity contribution is 0.358. The van der Waals surface area contributed by atoms with Crippen molar-refractivity contribution in [2.24, 2.45) is 5.41 Å². The summed E-state index contributed by atoms with van der Waals surface area (Å²) in [6.45, 7) is 8.53. The number of nitrogen functional groups attached to an aromatic ring is 1. The van der Waals surface area contributed by atoms with E-state index in [0.29, 0.717) is 5.95 Å². The Bertz CT molecular complexity index is 304. The van der Waals surface area contributed by atoms with Crippen molar-refractivity contribution in [1.29, 1.82) is 0 Å². The van der Waals surface area contributed by atoms with Gasteiger partial charge in [0.2, 0.25) is 11.9 Å². The Balaban J connectivity index is 2.70. The van der Waals surface area contributed by atoms with Crippen LogP contribution in [0.15, 0.2) is 6.33 Å². The van der Waals surface area contributed by atoms with Gasteiger partial charge in [0, 0.05) is 6.04 Å². The van der Waals surface area contributed by atoms with Crippen molar-refractivity contribution in [3.05, 3.63) is 6.33 Å². The summed E-state index contributed by atoms with van der Waals surface area (Å²) in [6.07, 6.45) is 1.40. The number of anilines is 2. The van der Waals surface area contributed by atoms with E-state index in [-0.39, 0.29) is 17.4 Å². The number of hydrogen-bond donors (Lipinski definition) is 2. The lowest BCUT2D eigenvalue weighted by Crippen LogP contribution is -2.31. The van der Waals surface area contributed by atoms with Crippen molar-refractivity contribution >= 4 is 11.9 Å². The average molecular weight is 195 g/mol. The summed E-state index contributed by atoms with van der Waals surface area (Å²) in [5.41, 5.74) is 5.60. The smallest absolute Gasteiger partial charge is 0.227 e. The van der Waals surface area contributed by atoms with Crippen LogP contribution >= 0.6 is 0 Å². The molecule has 0 fully saturated rings. The summed E-state index contributed by atoms with van der Waals surface area (Å²) in [7, 11) is 0. The predicted molar refractivity (Wildman–Crippen MR) is 56.8 cm³/mol. The molecule has 1 unspecified atom stereocenters. The van der Waals surface area contributed by atoms with Gasteiger partial charge in [-0.15, -0.1) is 0 Å². The van der Waals surface area contributed by atoms with Crippen molar-refractivity contribution in [1.82, 2.24) is 15.0 Å². The SMILES string of the molecule is CC(Nc1ncnc(N)n1)C(C)(C)C. The molecule has 0 saturated carbocycles. The van der Waals surface area contributed by atoms with Crippen LogP contribution in [0.2, 0.25) is 0 Å². The van der Waals surface area contributed by atoms with Gasteiger partial charge in [0.05, 0.1) is 0 Å². The summed E-state index contributed by atoms with van der Waals surface area (Å²) in [5.74, 6) is 0.767. The van der Waals surface area contributed by atoms with Crippen molar-refractivity contribution in [3.8, 4) is 0 Å². The summed E-state index contributed by atoms with van der Waals surface area (Å²) in [4.78, 5) is 11.7. The second kappa shape index (κ2) is 3.77. The molecule has 5 nitrogen and oxygen atoms in total. The van der Waals surface area contributed by atoms with E-state index in [9.17, 15) is 0 Å². The fourth-order valence-electron chi connectivity index (χ4n) is 0.789. The minimum absolute atomic E-state index is 0.154. The standard InChI is InChI=1S/C9H17N5/c1-6(9(2,3)4)13-8-12-5-11-7(10)14-8/h5-6H,1-4H3,(H3,10,11,12,13,14). The molecule has 0 spiro atoms. The number of aromatic nitrogens is 3. The minimum atomic E-state index is 0.154. The molecule has 0 amide bonds. The van der Waals surface area contributed by atoms with E-state index in [1.54, 1.807) is 0 Å². The Morgan fingerprint density at radius 2 is 2.00 bits per heavy atom. The van der Waals surface area contributed by atoms with Crippen LogP contribution in [0.4, 0.5) is 11.9 Å². The Labute approximate surface area is 84.2 Å². The molecule has 1 aromatic heterocycles. The molecule has 0 aromatic carbocycles. The first-order chi connectivity index (χ1) is 6.39. The summed E-state index contributed by atoms with van der Waals surface area (Å²) >= 11 is 0. The first-order valence-corrected chi connectivity index (χ1v) is 4.60. The molecule has 0 bridgehead atoms. The van der Waals surface area contributed by atoms with E-state index in [0.717, 1.165) is 0 Å². The molecule has 0 radical (unpaired) electrons. The zero-order valence-corrected chi connectivity index (χ0v) is 9.07. The fourth-order valence-corrected chi connectivity index (χ4v) is 0.789. The highest BCUT2D eigenvalue weighted by molar-refractivity contribution is 5.30. The van der Waals surface area contributed by atoms with Crippen molar-refractivity contribution in [2.75, 3.05) is 11.1 Å². The maximum Gasteiger partial charge on any atom is 0.227 e. The van der Waals surface area contributed by atoms with Gasteiger partial charge in [-0.25, -0.2) is 9.97 Å². The van der Waals surface area contributed by atoms with E-state index in [1.807, 2.05) is 0 Å². The average Bonchev–Trinajstić information content (AvgIpc) is 2.02. The van der Waals surface area contributed by atoms with Gasteiger partial charge in [0.25, 0.3) is 0 Å². The molecule has 0 aliphatic carbocycles. The number of hydrogen-bond acceptors (Lipinski definition) is 5. The maximum absolute atomic E-state index is 5.44. The number of nitrogens with two attached hydrogens (primary N) is 1. The lowest BCUT2D eigenvalue weighted by atomic mass is 9.88. The molecule has 1 atom stereocenters. The van der Waals surface area contributed by atoms with Crippen molar-refractivity contribution in [2.45, 2.75) is 33.7 Å². The third-order valence-corrected chi connectivity index (χ3v) is 2.24. The molecule has 1 aromatic rings. The van der Waals surface area contributed by atoms with Crippen LogP contribution in [0.25, 0.3) is 0 Å². The highest BCUT2D eigenvalue weighted by Gasteiger charge is 2.20. The molecule has 78 valence electrons. The van der Waals surface area contributed by atoms with Crippen LogP contribution in [0.1, 0.15) is 27.7 Å². The fraction of sp³-hybridized carbons (Fsp3) is 0.667. The van der Waals surface area contributed by atoms with Gasteiger partial charge in [-0.3, -0.25) is 0 Å². The van der Waals surface area contributed by atoms with E-state index < -0.39 is 0 Å². The van der Waals surface area contributed by atoms with Gasteiger partial charge in [-0.2, -0.15) is 4.98 Å². The zero-order chi connectivity index (χ0) is 10.8. The Morgan fingerprint density at radius 1 is 1.36 bits per heavy atom. The normalized spacial score (nSPS) is 13.7. The van der Waals surface area contributed by atoms with Gasteiger partial charge in [0.15, 0.2) is 0 Å².